The van der Waals surface area contributed by atoms with Crippen LogP contribution in [0.5, 0.6) is 0 Å². The smallest absolute Gasteiger partial charge is 0.261 e. The SMILES string of the molecule is O=C(Cn1cnc2ccccc2c1=O)N1CCn2cccc2[C@@H]1c1ccccn1. The first-order valence-corrected chi connectivity index (χ1v) is 9.52. The Morgan fingerprint density at radius 1 is 1.00 bits per heavy atom. The maximum atomic E-state index is 13.3. The summed E-state index contributed by atoms with van der Waals surface area (Å²) in [6.07, 6.45) is 5.20. The molecule has 1 atom stereocenters. The first-order valence-electron chi connectivity index (χ1n) is 9.52. The molecular weight excluding hydrogens is 366 g/mol. The van der Waals surface area contributed by atoms with Gasteiger partial charge >= 0.3 is 0 Å². The number of hydrogen-bond donors (Lipinski definition) is 0. The zero-order chi connectivity index (χ0) is 19.8. The van der Waals surface area contributed by atoms with Gasteiger partial charge in [0.15, 0.2) is 0 Å². The zero-order valence-corrected chi connectivity index (χ0v) is 15.7. The van der Waals surface area contributed by atoms with Gasteiger partial charge in [0, 0.05) is 31.2 Å². The average Bonchev–Trinajstić information content (AvgIpc) is 3.24. The molecule has 0 saturated carbocycles. The second kappa shape index (κ2) is 7.01. The number of rotatable bonds is 3. The number of nitrogens with zero attached hydrogens (tertiary/aromatic N) is 5. The van der Waals surface area contributed by atoms with Gasteiger partial charge in [0.05, 0.1) is 22.9 Å². The largest absolute Gasteiger partial charge is 0.347 e. The van der Waals surface area contributed by atoms with Crippen molar-refractivity contribution in [3.63, 3.8) is 0 Å². The van der Waals surface area contributed by atoms with Crippen LogP contribution >= 0.6 is 0 Å². The van der Waals surface area contributed by atoms with Crippen molar-refractivity contribution in [3.8, 4) is 0 Å². The Hall–Kier alpha value is -3.74. The number of aromatic nitrogens is 4. The minimum Gasteiger partial charge on any atom is -0.347 e. The van der Waals surface area contributed by atoms with E-state index in [2.05, 4.69) is 14.5 Å². The Morgan fingerprint density at radius 3 is 2.72 bits per heavy atom. The lowest BCUT2D eigenvalue weighted by molar-refractivity contribution is -0.134. The Bertz CT molecular complexity index is 1240. The predicted molar refractivity (Wildman–Crippen MR) is 108 cm³/mol. The molecule has 29 heavy (non-hydrogen) atoms. The van der Waals surface area contributed by atoms with E-state index < -0.39 is 0 Å². The maximum absolute atomic E-state index is 13.3. The van der Waals surface area contributed by atoms with E-state index in [-0.39, 0.29) is 24.1 Å². The van der Waals surface area contributed by atoms with E-state index in [9.17, 15) is 9.59 Å². The van der Waals surface area contributed by atoms with Crippen LogP contribution in [0, 0.1) is 0 Å². The van der Waals surface area contributed by atoms with Crippen LogP contribution in [0.4, 0.5) is 0 Å². The van der Waals surface area contributed by atoms with Gasteiger partial charge in [-0.3, -0.25) is 19.1 Å². The fraction of sp³-hybridized carbons (Fsp3) is 0.182. The molecule has 0 N–H and O–H groups in total. The molecule has 0 unspecified atom stereocenters. The quantitative estimate of drug-likeness (QED) is 0.542. The summed E-state index contributed by atoms with van der Waals surface area (Å²) in [7, 11) is 0. The van der Waals surface area contributed by atoms with Crippen LogP contribution in [0.2, 0.25) is 0 Å². The van der Waals surface area contributed by atoms with Crippen LogP contribution in [0.15, 0.2) is 78.1 Å². The van der Waals surface area contributed by atoms with Gasteiger partial charge in [-0.2, -0.15) is 0 Å². The topological polar surface area (TPSA) is 73.0 Å². The highest BCUT2D eigenvalue weighted by atomic mass is 16.2. The van der Waals surface area contributed by atoms with Gasteiger partial charge in [-0.25, -0.2) is 4.98 Å². The second-order valence-corrected chi connectivity index (χ2v) is 7.07. The van der Waals surface area contributed by atoms with Gasteiger partial charge in [0.2, 0.25) is 5.91 Å². The molecule has 0 bridgehead atoms. The second-order valence-electron chi connectivity index (χ2n) is 7.07. The number of benzene rings is 1. The van der Waals surface area contributed by atoms with Gasteiger partial charge in [-0.05, 0) is 36.4 Å². The molecule has 1 aromatic carbocycles. The van der Waals surface area contributed by atoms with Crippen molar-refractivity contribution in [2.75, 3.05) is 6.54 Å². The van der Waals surface area contributed by atoms with Gasteiger partial charge in [0.25, 0.3) is 5.56 Å². The van der Waals surface area contributed by atoms with Crippen LogP contribution < -0.4 is 5.56 Å². The van der Waals surface area contributed by atoms with E-state index in [0.29, 0.717) is 24.0 Å². The number of para-hydroxylation sites is 1. The monoisotopic (exact) mass is 385 g/mol. The molecule has 3 aromatic heterocycles. The molecule has 4 heterocycles. The number of carbonyl (C=O) groups is 1. The molecule has 4 aromatic rings. The third-order valence-corrected chi connectivity index (χ3v) is 5.36. The van der Waals surface area contributed by atoms with Gasteiger partial charge in [0.1, 0.15) is 12.6 Å². The molecule has 1 aliphatic rings. The van der Waals surface area contributed by atoms with E-state index in [1.807, 2.05) is 42.6 Å². The standard InChI is InChI=1S/C22H19N5O2/c28-20(14-26-15-24-17-7-2-1-6-16(17)22(26)29)27-13-12-25-11-5-9-19(25)21(27)18-8-3-4-10-23-18/h1-11,15,21H,12-14H2/t21-/m0/s1. The minimum atomic E-state index is -0.281. The summed E-state index contributed by atoms with van der Waals surface area (Å²) in [6, 6.07) is 16.6. The molecule has 0 fully saturated rings. The number of hydrogen-bond acceptors (Lipinski definition) is 4. The molecular formula is C22H19N5O2. The van der Waals surface area contributed by atoms with Crippen LogP contribution in [0.25, 0.3) is 10.9 Å². The van der Waals surface area contributed by atoms with Crippen molar-refractivity contribution in [3.05, 3.63) is 95.1 Å². The number of amides is 1. The van der Waals surface area contributed by atoms with Gasteiger partial charge in [-0.1, -0.05) is 18.2 Å². The van der Waals surface area contributed by atoms with Crippen LogP contribution in [-0.4, -0.2) is 36.5 Å². The van der Waals surface area contributed by atoms with E-state index in [0.717, 1.165) is 11.4 Å². The molecule has 0 aliphatic carbocycles. The molecule has 144 valence electrons. The fourth-order valence-corrected chi connectivity index (χ4v) is 3.96. The van der Waals surface area contributed by atoms with Gasteiger partial charge < -0.3 is 9.47 Å². The van der Waals surface area contributed by atoms with Gasteiger partial charge in [-0.15, -0.1) is 0 Å². The van der Waals surface area contributed by atoms with E-state index >= 15 is 0 Å². The molecule has 7 nitrogen and oxygen atoms in total. The number of carbonyl (C=O) groups excluding carboxylic acids is 1. The first-order chi connectivity index (χ1) is 14.2. The lowest BCUT2D eigenvalue weighted by Crippen LogP contribution is -2.45. The molecule has 0 saturated heterocycles. The van der Waals surface area contributed by atoms with Crippen molar-refractivity contribution in [1.82, 2.24) is 24.0 Å². The summed E-state index contributed by atoms with van der Waals surface area (Å²) in [4.78, 5) is 36.7. The van der Waals surface area contributed by atoms with Crippen molar-refractivity contribution < 1.29 is 4.79 Å². The third kappa shape index (κ3) is 3.00. The highest BCUT2D eigenvalue weighted by molar-refractivity contribution is 5.79. The van der Waals surface area contributed by atoms with E-state index in [1.54, 1.807) is 29.3 Å². The van der Waals surface area contributed by atoms with Crippen molar-refractivity contribution in [1.29, 1.82) is 0 Å². The predicted octanol–water partition coefficient (Wildman–Crippen LogP) is 2.22. The maximum Gasteiger partial charge on any atom is 0.261 e. The molecule has 1 amide bonds. The van der Waals surface area contributed by atoms with Crippen LogP contribution in [-0.2, 0) is 17.9 Å². The van der Waals surface area contributed by atoms with Crippen LogP contribution in [0.3, 0.4) is 0 Å². The molecule has 0 radical (unpaired) electrons. The molecule has 5 rings (SSSR count). The number of pyridine rings is 1. The Morgan fingerprint density at radius 2 is 1.86 bits per heavy atom. The summed E-state index contributed by atoms with van der Waals surface area (Å²) >= 11 is 0. The third-order valence-electron chi connectivity index (χ3n) is 5.36. The highest BCUT2D eigenvalue weighted by Crippen LogP contribution is 2.31. The van der Waals surface area contributed by atoms with Crippen molar-refractivity contribution in [2.45, 2.75) is 19.1 Å². The summed E-state index contributed by atoms with van der Waals surface area (Å²) in [5.74, 6) is -0.132. The minimum absolute atomic E-state index is 0.0549. The molecule has 0 spiro atoms. The fourth-order valence-electron chi connectivity index (χ4n) is 3.96. The van der Waals surface area contributed by atoms with Crippen molar-refractivity contribution in [2.24, 2.45) is 0 Å². The summed E-state index contributed by atoms with van der Waals surface area (Å²) in [5, 5.41) is 0.511. The lowest BCUT2D eigenvalue weighted by Gasteiger charge is -2.36. The normalized spacial score (nSPS) is 16.0. The highest BCUT2D eigenvalue weighted by Gasteiger charge is 2.33. The molecule has 7 heteroatoms. The van der Waals surface area contributed by atoms with Crippen molar-refractivity contribution >= 4 is 16.8 Å². The Kier molecular flexibility index (Phi) is 4.20. The van der Waals surface area contributed by atoms with Crippen LogP contribution in [0.1, 0.15) is 17.4 Å². The van der Waals surface area contributed by atoms with E-state index in [1.165, 1.54) is 10.9 Å². The summed E-state index contributed by atoms with van der Waals surface area (Å²) in [5.41, 5.74) is 2.25. The zero-order valence-electron chi connectivity index (χ0n) is 15.7. The Labute approximate surface area is 166 Å². The molecule has 1 aliphatic heterocycles. The summed E-state index contributed by atoms with van der Waals surface area (Å²) < 4.78 is 3.53. The summed E-state index contributed by atoms with van der Waals surface area (Å²) in [6.45, 7) is 1.21. The van der Waals surface area contributed by atoms with E-state index in [4.69, 9.17) is 0 Å². The lowest BCUT2D eigenvalue weighted by atomic mass is 10.0. The Balaban J connectivity index is 1.50. The first kappa shape index (κ1) is 17.4. The number of fused-ring (bicyclic) bond motifs is 2. The average molecular weight is 385 g/mol.